The largest absolute Gasteiger partial charge is 0.481 e. The van der Waals surface area contributed by atoms with Crippen molar-refractivity contribution in [2.45, 2.75) is 63.8 Å². The Kier molecular flexibility index (Phi) is 5.84. The predicted octanol–water partition coefficient (Wildman–Crippen LogP) is 2.69. The Morgan fingerprint density at radius 2 is 1.86 bits per heavy atom. The van der Waals surface area contributed by atoms with E-state index in [0.29, 0.717) is 32.3 Å². The third-order valence-electron chi connectivity index (χ3n) is 5.42. The minimum absolute atomic E-state index is 0.00165. The molecule has 1 amide bonds. The van der Waals surface area contributed by atoms with E-state index in [1.807, 2.05) is 0 Å². The van der Waals surface area contributed by atoms with E-state index >= 15 is 0 Å². The van der Waals surface area contributed by atoms with Gasteiger partial charge >= 0.3 is 5.97 Å². The van der Waals surface area contributed by atoms with Gasteiger partial charge in [-0.1, -0.05) is 13.3 Å². The molecule has 1 aliphatic carbocycles. The summed E-state index contributed by atoms with van der Waals surface area (Å²) in [5.74, 6) is -0.748. The molecule has 22 heavy (non-hydrogen) atoms. The van der Waals surface area contributed by atoms with Crippen LogP contribution in [0.25, 0.3) is 0 Å². The van der Waals surface area contributed by atoms with Crippen molar-refractivity contribution in [3.05, 3.63) is 0 Å². The molecule has 0 aromatic rings. The van der Waals surface area contributed by atoms with Crippen LogP contribution in [0, 0.1) is 11.8 Å². The first-order valence-electron chi connectivity index (χ1n) is 8.57. The van der Waals surface area contributed by atoms with Crippen LogP contribution in [-0.2, 0) is 14.3 Å². The molecule has 5 heteroatoms. The van der Waals surface area contributed by atoms with Gasteiger partial charge in [-0.15, -0.1) is 0 Å². The van der Waals surface area contributed by atoms with Gasteiger partial charge in [0.15, 0.2) is 0 Å². The van der Waals surface area contributed by atoms with Crippen LogP contribution < -0.4 is 0 Å². The maximum absolute atomic E-state index is 13.0. The molecule has 0 spiro atoms. The van der Waals surface area contributed by atoms with E-state index in [2.05, 4.69) is 11.8 Å². The number of likely N-dealkylation sites (tertiary alicyclic amines) is 1. The number of nitrogens with zero attached hydrogens (tertiary/aromatic N) is 1. The van der Waals surface area contributed by atoms with Crippen molar-refractivity contribution < 1.29 is 19.4 Å². The normalized spacial score (nSPS) is 32.2. The number of carbonyl (C=O) groups is 2. The number of methoxy groups -OCH3 is 1. The first-order valence-corrected chi connectivity index (χ1v) is 8.57. The zero-order chi connectivity index (χ0) is 16.2. The van der Waals surface area contributed by atoms with Gasteiger partial charge in [0.2, 0.25) is 5.91 Å². The number of hydrogen-bond donors (Lipinski definition) is 1. The molecule has 2 aliphatic rings. The molecule has 1 unspecified atom stereocenters. The van der Waals surface area contributed by atoms with E-state index in [9.17, 15) is 9.59 Å². The highest BCUT2D eigenvalue weighted by molar-refractivity contribution is 5.80. The molecule has 1 saturated heterocycles. The molecule has 1 saturated carbocycles. The monoisotopic (exact) mass is 311 g/mol. The van der Waals surface area contributed by atoms with Crippen molar-refractivity contribution in [1.82, 2.24) is 4.90 Å². The van der Waals surface area contributed by atoms with E-state index in [1.54, 1.807) is 7.11 Å². The van der Waals surface area contributed by atoms with Crippen LogP contribution in [0.1, 0.15) is 58.3 Å². The van der Waals surface area contributed by atoms with Crippen molar-refractivity contribution in [3.8, 4) is 0 Å². The van der Waals surface area contributed by atoms with Crippen molar-refractivity contribution in [1.29, 1.82) is 0 Å². The smallest absolute Gasteiger partial charge is 0.306 e. The highest BCUT2D eigenvalue weighted by atomic mass is 16.5. The van der Waals surface area contributed by atoms with Crippen LogP contribution in [0.5, 0.6) is 0 Å². The standard InChI is InChI=1S/C17H29NO4/c1-3-9-17(12-22-2)10-4-11-18(17)15(19)13-5-7-14(8-6-13)16(20)21/h13-14H,3-12H2,1-2H3,(H,20,21). The fourth-order valence-electron chi connectivity index (χ4n) is 4.31. The third kappa shape index (κ3) is 3.45. The summed E-state index contributed by atoms with van der Waals surface area (Å²) in [7, 11) is 1.70. The molecule has 2 rings (SSSR count). The molecule has 5 nitrogen and oxygen atoms in total. The number of carboxylic acids is 1. The molecule has 2 fully saturated rings. The van der Waals surface area contributed by atoms with Gasteiger partial charge in [-0.2, -0.15) is 0 Å². The molecular weight excluding hydrogens is 282 g/mol. The average molecular weight is 311 g/mol. The molecule has 1 atom stereocenters. The quantitative estimate of drug-likeness (QED) is 0.819. The second-order valence-corrected chi connectivity index (χ2v) is 6.89. The van der Waals surface area contributed by atoms with E-state index < -0.39 is 5.97 Å². The Morgan fingerprint density at radius 3 is 2.41 bits per heavy atom. The van der Waals surface area contributed by atoms with Gasteiger partial charge in [-0.25, -0.2) is 0 Å². The van der Waals surface area contributed by atoms with Gasteiger partial charge in [-0.3, -0.25) is 9.59 Å². The highest BCUT2D eigenvalue weighted by Gasteiger charge is 2.45. The maximum atomic E-state index is 13.0. The highest BCUT2D eigenvalue weighted by Crippen LogP contribution is 2.38. The van der Waals surface area contributed by atoms with Crippen molar-refractivity contribution in [2.75, 3.05) is 20.3 Å². The fraction of sp³-hybridized carbons (Fsp3) is 0.882. The van der Waals surface area contributed by atoms with Crippen LogP contribution in [0.15, 0.2) is 0 Å². The lowest BCUT2D eigenvalue weighted by Gasteiger charge is -2.41. The summed E-state index contributed by atoms with van der Waals surface area (Å²) in [6, 6.07) is 0. The molecular formula is C17H29NO4. The maximum Gasteiger partial charge on any atom is 0.306 e. The Morgan fingerprint density at radius 1 is 1.23 bits per heavy atom. The van der Waals surface area contributed by atoms with Crippen molar-refractivity contribution >= 4 is 11.9 Å². The molecule has 0 radical (unpaired) electrons. The fourth-order valence-corrected chi connectivity index (χ4v) is 4.31. The summed E-state index contributed by atoms with van der Waals surface area (Å²) in [4.78, 5) is 26.1. The number of carboxylic acid groups (broad SMARTS) is 1. The molecule has 1 heterocycles. The predicted molar refractivity (Wildman–Crippen MR) is 83.5 cm³/mol. The molecule has 0 bridgehead atoms. The minimum atomic E-state index is -0.716. The lowest BCUT2D eigenvalue weighted by Crippen LogP contribution is -2.52. The molecule has 126 valence electrons. The van der Waals surface area contributed by atoms with Crippen LogP contribution in [0.4, 0.5) is 0 Å². The number of aliphatic carboxylic acids is 1. The van der Waals surface area contributed by atoms with Crippen LogP contribution >= 0.6 is 0 Å². The first kappa shape index (κ1) is 17.3. The SMILES string of the molecule is CCCC1(COC)CCCN1C(=O)C1CCC(C(=O)O)CC1. The summed E-state index contributed by atoms with van der Waals surface area (Å²) in [6.45, 7) is 3.58. The van der Waals surface area contributed by atoms with Gasteiger partial charge < -0.3 is 14.7 Å². The number of rotatable bonds is 6. The number of hydrogen-bond acceptors (Lipinski definition) is 3. The Bertz CT molecular complexity index is 395. The molecule has 1 aliphatic heterocycles. The van der Waals surface area contributed by atoms with Crippen LogP contribution in [0.2, 0.25) is 0 Å². The summed E-state index contributed by atoms with van der Waals surface area (Å²) in [5, 5.41) is 9.09. The summed E-state index contributed by atoms with van der Waals surface area (Å²) in [5.41, 5.74) is -0.135. The van der Waals surface area contributed by atoms with Gasteiger partial charge in [-0.05, 0) is 44.9 Å². The summed E-state index contributed by atoms with van der Waals surface area (Å²) in [6.07, 6.45) is 6.76. The van der Waals surface area contributed by atoms with Gasteiger partial charge in [0.05, 0.1) is 18.1 Å². The second-order valence-electron chi connectivity index (χ2n) is 6.89. The van der Waals surface area contributed by atoms with E-state index in [0.717, 1.165) is 32.2 Å². The van der Waals surface area contributed by atoms with Crippen molar-refractivity contribution in [2.24, 2.45) is 11.8 Å². The van der Waals surface area contributed by atoms with Crippen molar-refractivity contribution in [3.63, 3.8) is 0 Å². The lowest BCUT2D eigenvalue weighted by molar-refractivity contribution is -0.148. The second kappa shape index (κ2) is 7.44. The summed E-state index contributed by atoms with van der Waals surface area (Å²) >= 11 is 0. The molecule has 0 aromatic heterocycles. The zero-order valence-electron chi connectivity index (χ0n) is 13.8. The molecule has 0 aromatic carbocycles. The van der Waals surface area contributed by atoms with Gasteiger partial charge in [0, 0.05) is 19.6 Å². The Hall–Kier alpha value is -1.10. The van der Waals surface area contributed by atoms with E-state index in [4.69, 9.17) is 9.84 Å². The van der Waals surface area contributed by atoms with Crippen LogP contribution in [-0.4, -0.2) is 47.7 Å². The van der Waals surface area contributed by atoms with E-state index in [1.165, 1.54) is 0 Å². The lowest BCUT2D eigenvalue weighted by atomic mass is 9.80. The van der Waals surface area contributed by atoms with Gasteiger partial charge in [0.25, 0.3) is 0 Å². The average Bonchev–Trinajstić information content (AvgIpc) is 2.91. The Balaban J connectivity index is 2.03. The van der Waals surface area contributed by atoms with E-state index in [-0.39, 0.29) is 23.3 Å². The first-order chi connectivity index (χ1) is 10.5. The minimum Gasteiger partial charge on any atom is -0.481 e. The number of carbonyl (C=O) groups excluding carboxylic acids is 1. The number of ether oxygens (including phenoxy) is 1. The Labute approximate surface area is 133 Å². The third-order valence-corrected chi connectivity index (χ3v) is 5.42. The summed E-state index contributed by atoms with van der Waals surface area (Å²) < 4.78 is 5.43. The van der Waals surface area contributed by atoms with Crippen LogP contribution in [0.3, 0.4) is 0 Å². The molecule has 1 N–H and O–H groups in total. The topological polar surface area (TPSA) is 66.8 Å². The zero-order valence-corrected chi connectivity index (χ0v) is 13.8. The number of amides is 1. The van der Waals surface area contributed by atoms with Gasteiger partial charge in [0.1, 0.15) is 0 Å².